The number of H-pyrrole nitrogens is 1. The van der Waals surface area contributed by atoms with Crippen molar-refractivity contribution in [1.29, 1.82) is 0 Å². The maximum atomic E-state index is 12.0. The van der Waals surface area contributed by atoms with Crippen LogP contribution in [0.25, 0.3) is 0 Å². The topological polar surface area (TPSA) is 132 Å². The van der Waals surface area contributed by atoms with Gasteiger partial charge in [-0.15, -0.1) is 0 Å². The number of nitrogen functional groups attached to an aromatic ring is 1. The van der Waals surface area contributed by atoms with Crippen LogP contribution in [0.1, 0.15) is 11.4 Å². The van der Waals surface area contributed by atoms with E-state index in [1.165, 1.54) is 11.0 Å². The zero-order valence-corrected chi connectivity index (χ0v) is 12.7. The van der Waals surface area contributed by atoms with Crippen LogP contribution in [0.2, 0.25) is 0 Å². The molecule has 4 N–H and O–H groups in total. The van der Waals surface area contributed by atoms with Crippen molar-refractivity contribution < 1.29 is 4.52 Å². The van der Waals surface area contributed by atoms with E-state index in [0.29, 0.717) is 18.8 Å². The molecule has 0 unspecified atom stereocenters. The van der Waals surface area contributed by atoms with Crippen molar-refractivity contribution in [2.75, 3.05) is 17.6 Å². The minimum atomic E-state index is -0.560. The summed E-state index contributed by atoms with van der Waals surface area (Å²) in [4.78, 5) is 30.2. The fraction of sp³-hybridized carbons (Fsp3) is 0.200. The standard InChI is InChI=1S/C15H16N6O3/c16-13-12(17-7-6-11-18-9-24-20-11)14(22)19-15(23)21(13)8-10-4-2-1-3-5-10/h1-5,9,17H,6-8,16H2,(H,19,22,23). The predicted octanol–water partition coefficient (Wildman–Crippen LogP) is 0.205. The molecule has 24 heavy (non-hydrogen) atoms. The Bertz CT molecular complexity index is 915. The molecule has 0 aliphatic heterocycles. The smallest absolute Gasteiger partial charge is 0.330 e. The average molecular weight is 328 g/mol. The highest BCUT2D eigenvalue weighted by atomic mass is 16.5. The fourth-order valence-corrected chi connectivity index (χ4v) is 2.28. The lowest BCUT2D eigenvalue weighted by Gasteiger charge is -2.13. The van der Waals surface area contributed by atoms with Gasteiger partial charge in [0.1, 0.15) is 11.5 Å². The Hall–Kier alpha value is -3.36. The SMILES string of the molecule is Nc1c(NCCc2ncon2)c(=O)[nH]c(=O)n1Cc1ccccc1. The second-order valence-corrected chi connectivity index (χ2v) is 5.12. The third-order valence-electron chi connectivity index (χ3n) is 3.48. The van der Waals surface area contributed by atoms with Crippen molar-refractivity contribution in [1.82, 2.24) is 19.7 Å². The Morgan fingerprint density at radius 3 is 2.75 bits per heavy atom. The second-order valence-electron chi connectivity index (χ2n) is 5.12. The summed E-state index contributed by atoms with van der Waals surface area (Å²) < 4.78 is 5.95. The van der Waals surface area contributed by atoms with Crippen LogP contribution >= 0.6 is 0 Å². The van der Waals surface area contributed by atoms with Crippen LogP contribution in [-0.4, -0.2) is 26.2 Å². The molecule has 0 aliphatic carbocycles. The molecular weight excluding hydrogens is 312 g/mol. The van der Waals surface area contributed by atoms with Crippen molar-refractivity contribution in [3.63, 3.8) is 0 Å². The van der Waals surface area contributed by atoms with Crippen LogP contribution in [-0.2, 0) is 13.0 Å². The minimum absolute atomic E-state index is 0.0840. The first-order valence-electron chi connectivity index (χ1n) is 7.31. The number of nitrogens with one attached hydrogen (secondary N) is 2. The van der Waals surface area contributed by atoms with Gasteiger partial charge in [0.2, 0.25) is 6.39 Å². The first kappa shape index (κ1) is 15.5. The lowest BCUT2D eigenvalue weighted by Crippen LogP contribution is -2.34. The fourth-order valence-electron chi connectivity index (χ4n) is 2.28. The van der Waals surface area contributed by atoms with Gasteiger partial charge in [0.15, 0.2) is 5.82 Å². The molecule has 0 radical (unpaired) electrons. The van der Waals surface area contributed by atoms with E-state index in [9.17, 15) is 9.59 Å². The number of anilines is 2. The monoisotopic (exact) mass is 328 g/mol. The highest BCUT2D eigenvalue weighted by molar-refractivity contribution is 5.60. The Morgan fingerprint density at radius 2 is 2.04 bits per heavy atom. The zero-order valence-electron chi connectivity index (χ0n) is 12.7. The number of aromatic amines is 1. The normalized spacial score (nSPS) is 10.7. The number of nitrogens with zero attached hydrogens (tertiary/aromatic N) is 3. The van der Waals surface area contributed by atoms with Gasteiger partial charge in [0.25, 0.3) is 5.56 Å². The summed E-state index contributed by atoms with van der Waals surface area (Å²) in [6.07, 6.45) is 1.68. The third kappa shape index (κ3) is 3.35. The van der Waals surface area contributed by atoms with Crippen molar-refractivity contribution in [2.24, 2.45) is 0 Å². The summed E-state index contributed by atoms with van der Waals surface area (Å²) in [7, 11) is 0. The van der Waals surface area contributed by atoms with Gasteiger partial charge in [-0.3, -0.25) is 14.3 Å². The molecule has 1 aromatic carbocycles. The lowest BCUT2D eigenvalue weighted by molar-refractivity contribution is 0.410. The van der Waals surface area contributed by atoms with Crippen LogP contribution < -0.4 is 22.3 Å². The van der Waals surface area contributed by atoms with E-state index < -0.39 is 11.2 Å². The number of hydrogen-bond acceptors (Lipinski definition) is 7. The first-order chi connectivity index (χ1) is 11.6. The van der Waals surface area contributed by atoms with Gasteiger partial charge < -0.3 is 15.6 Å². The molecule has 3 rings (SSSR count). The third-order valence-corrected chi connectivity index (χ3v) is 3.48. The summed E-state index contributed by atoms with van der Waals surface area (Å²) in [5, 5.41) is 6.60. The maximum Gasteiger partial charge on any atom is 0.330 e. The second kappa shape index (κ2) is 6.82. The Morgan fingerprint density at radius 1 is 1.25 bits per heavy atom. The van der Waals surface area contributed by atoms with Crippen LogP contribution in [0.5, 0.6) is 0 Å². The number of benzene rings is 1. The van der Waals surface area contributed by atoms with Gasteiger partial charge in [0.05, 0.1) is 6.54 Å². The summed E-state index contributed by atoms with van der Waals surface area (Å²) in [6, 6.07) is 9.37. The van der Waals surface area contributed by atoms with E-state index in [4.69, 9.17) is 5.73 Å². The molecule has 0 fully saturated rings. The van der Waals surface area contributed by atoms with Gasteiger partial charge in [-0.25, -0.2) is 4.79 Å². The molecule has 0 saturated heterocycles. The zero-order chi connectivity index (χ0) is 16.9. The Kier molecular flexibility index (Phi) is 4.41. The van der Waals surface area contributed by atoms with Gasteiger partial charge in [-0.2, -0.15) is 4.98 Å². The molecule has 0 saturated carbocycles. The quantitative estimate of drug-likeness (QED) is 0.589. The molecule has 9 nitrogen and oxygen atoms in total. The van der Waals surface area contributed by atoms with Crippen molar-refractivity contribution >= 4 is 11.5 Å². The molecule has 2 aromatic heterocycles. The highest BCUT2D eigenvalue weighted by Crippen LogP contribution is 2.12. The molecule has 0 amide bonds. The Balaban J connectivity index is 1.82. The average Bonchev–Trinajstić information content (AvgIpc) is 3.09. The Labute approximate surface area is 136 Å². The molecule has 9 heteroatoms. The van der Waals surface area contributed by atoms with Gasteiger partial charge >= 0.3 is 5.69 Å². The van der Waals surface area contributed by atoms with E-state index in [0.717, 1.165) is 5.56 Å². The van der Waals surface area contributed by atoms with E-state index in [2.05, 4.69) is 25.0 Å². The molecule has 0 bridgehead atoms. The van der Waals surface area contributed by atoms with Crippen LogP contribution in [0.4, 0.5) is 11.5 Å². The van der Waals surface area contributed by atoms with Crippen LogP contribution in [0, 0.1) is 0 Å². The highest BCUT2D eigenvalue weighted by Gasteiger charge is 2.12. The number of aromatic nitrogens is 4. The lowest BCUT2D eigenvalue weighted by atomic mass is 10.2. The molecular formula is C15H16N6O3. The largest absolute Gasteiger partial charge is 0.383 e. The van der Waals surface area contributed by atoms with Crippen LogP contribution in [0.3, 0.4) is 0 Å². The van der Waals surface area contributed by atoms with Gasteiger partial charge in [-0.05, 0) is 5.56 Å². The van der Waals surface area contributed by atoms with E-state index in [-0.39, 0.29) is 18.1 Å². The van der Waals surface area contributed by atoms with E-state index in [1.54, 1.807) is 0 Å². The van der Waals surface area contributed by atoms with E-state index >= 15 is 0 Å². The molecule has 0 aliphatic rings. The molecule has 124 valence electrons. The van der Waals surface area contributed by atoms with Crippen molar-refractivity contribution in [2.45, 2.75) is 13.0 Å². The summed E-state index contributed by atoms with van der Waals surface area (Å²) >= 11 is 0. The molecule has 0 spiro atoms. The number of hydrogen-bond donors (Lipinski definition) is 3. The van der Waals surface area contributed by atoms with Gasteiger partial charge in [0, 0.05) is 13.0 Å². The minimum Gasteiger partial charge on any atom is -0.383 e. The van der Waals surface area contributed by atoms with E-state index in [1.807, 2.05) is 30.3 Å². The number of rotatable bonds is 6. The molecule has 0 atom stereocenters. The van der Waals surface area contributed by atoms with Crippen molar-refractivity contribution in [3.05, 3.63) is 69.0 Å². The maximum absolute atomic E-state index is 12.0. The number of nitrogens with two attached hydrogens (primary N) is 1. The van der Waals surface area contributed by atoms with Crippen LogP contribution in [0.15, 0.2) is 50.8 Å². The summed E-state index contributed by atoms with van der Waals surface area (Å²) in [5.74, 6) is 0.593. The van der Waals surface area contributed by atoms with Crippen molar-refractivity contribution in [3.8, 4) is 0 Å². The summed E-state index contributed by atoms with van der Waals surface area (Å²) in [6.45, 7) is 0.637. The first-order valence-corrected chi connectivity index (χ1v) is 7.31. The molecule has 3 aromatic rings. The predicted molar refractivity (Wildman–Crippen MR) is 87.8 cm³/mol. The summed E-state index contributed by atoms with van der Waals surface area (Å²) in [5.41, 5.74) is 5.96. The molecule has 2 heterocycles. The van der Waals surface area contributed by atoms with Gasteiger partial charge in [-0.1, -0.05) is 35.5 Å².